The van der Waals surface area contributed by atoms with Crippen LogP contribution in [0.5, 0.6) is 11.5 Å². The molecule has 3 aliphatic heterocycles. The number of methoxy groups -OCH3 is 1. The van der Waals surface area contributed by atoms with Gasteiger partial charge in [-0.05, 0) is 74.6 Å². The van der Waals surface area contributed by atoms with Crippen molar-refractivity contribution >= 4 is 69.9 Å². The Balaban J connectivity index is 0.716. The van der Waals surface area contributed by atoms with Crippen molar-refractivity contribution in [1.29, 1.82) is 0 Å². The zero-order chi connectivity index (χ0) is 47.5. The van der Waals surface area contributed by atoms with Crippen molar-refractivity contribution in [2.45, 2.75) is 57.4 Å². The number of anilines is 5. The summed E-state index contributed by atoms with van der Waals surface area (Å²) in [5, 5.41) is 5.36. The van der Waals surface area contributed by atoms with Crippen LogP contribution in [0.15, 0.2) is 66.9 Å². The normalized spacial score (nSPS) is 15.5. The van der Waals surface area contributed by atoms with Crippen LogP contribution in [-0.2, 0) is 28.6 Å². The van der Waals surface area contributed by atoms with Crippen LogP contribution in [0.4, 0.5) is 28.8 Å². The van der Waals surface area contributed by atoms with Gasteiger partial charge in [0.1, 0.15) is 29.8 Å². The lowest BCUT2D eigenvalue weighted by Gasteiger charge is -2.27. The number of imide groups is 2. The SMILES string of the molecule is COc1cc(C(=O)CCCCOCCOCCOCCCCC(=O)COc2cccc3c2C(=O)N(C2CCC(=O)NC2=O)C3=O)ccc1Nc1ncc2c(n1)N(C)c1ccccc1C(=O)N2C. The van der Waals surface area contributed by atoms with Crippen molar-refractivity contribution in [3.63, 3.8) is 0 Å². The molecule has 0 bridgehead atoms. The number of carbonyl (C=O) groups excluding carboxylic acids is 7. The number of nitrogens with zero attached hydrogens (tertiary/aromatic N) is 5. The quantitative estimate of drug-likeness (QED) is 0.0523. The molecule has 7 rings (SSSR count). The van der Waals surface area contributed by atoms with Gasteiger partial charge in [-0.3, -0.25) is 43.8 Å². The molecule has 1 saturated heterocycles. The Labute approximate surface area is 387 Å². The van der Waals surface area contributed by atoms with Crippen molar-refractivity contribution in [2.24, 2.45) is 0 Å². The van der Waals surface area contributed by atoms with Crippen LogP contribution < -0.4 is 29.9 Å². The molecule has 4 heterocycles. The number of unbranched alkanes of at least 4 members (excludes halogenated alkanes) is 2. The highest BCUT2D eigenvalue weighted by atomic mass is 16.5. The molecule has 67 heavy (non-hydrogen) atoms. The predicted molar refractivity (Wildman–Crippen MR) is 244 cm³/mol. The molecule has 1 aromatic heterocycles. The number of Topliss-reactive ketones (excluding diaryl/α,β-unsaturated/α-hetero) is 2. The number of rotatable bonds is 24. The van der Waals surface area contributed by atoms with Gasteiger partial charge in [-0.2, -0.15) is 4.98 Å². The summed E-state index contributed by atoms with van der Waals surface area (Å²) in [7, 11) is 5.07. The third-order valence-electron chi connectivity index (χ3n) is 11.5. The number of piperidine rings is 1. The van der Waals surface area contributed by atoms with Gasteiger partial charge in [-0.1, -0.05) is 18.2 Å². The van der Waals surface area contributed by atoms with E-state index in [1.807, 2.05) is 30.1 Å². The maximum absolute atomic E-state index is 13.2. The second-order valence-corrected chi connectivity index (χ2v) is 16.0. The number of ether oxygens (including phenoxy) is 5. The van der Waals surface area contributed by atoms with E-state index in [2.05, 4.69) is 15.6 Å². The van der Waals surface area contributed by atoms with Crippen molar-refractivity contribution in [2.75, 3.05) is 82.6 Å². The first kappa shape index (κ1) is 47.9. The Kier molecular flexibility index (Phi) is 16.0. The number of benzene rings is 3. The zero-order valence-electron chi connectivity index (χ0n) is 37.7. The summed E-state index contributed by atoms with van der Waals surface area (Å²) in [6.07, 6.45) is 4.80. The Morgan fingerprint density at radius 2 is 1.45 bits per heavy atom. The third-order valence-corrected chi connectivity index (χ3v) is 11.5. The van der Waals surface area contributed by atoms with E-state index in [-0.39, 0.29) is 60.2 Å². The lowest BCUT2D eigenvalue weighted by molar-refractivity contribution is -0.136. The number of ketones is 2. The van der Waals surface area contributed by atoms with Gasteiger partial charge in [0, 0.05) is 52.1 Å². The van der Waals surface area contributed by atoms with Crippen LogP contribution in [0, 0.1) is 0 Å². The minimum absolute atomic E-state index is 0.00152. The monoisotopic (exact) mass is 919 g/mol. The summed E-state index contributed by atoms with van der Waals surface area (Å²) >= 11 is 0. The molecule has 19 nitrogen and oxygen atoms in total. The van der Waals surface area contributed by atoms with E-state index < -0.39 is 29.7 Å². The summed E-state index contributed by atoms with van der Waals surface area (Å²) in [5.41, 5.74) is 3.03. The van der Waals surface area contributed by atoms with Gasteiger partial charge in [0.2, 0.25) is 17.8 Å². The molecule has 0 spiro atoms. The molecule has 5 amide bonds. The highest BCUT2D eigenvalue weighted by molar-refractivity contribution is 6.24. The summed E-state index contributed by atoms with van der Waals surface area (Å²) in [4.78, 5) is 102. The zero-order valence-corrected chi connectivity index (χ0v) is 37.7. The fourth-order valence-corrected chi connectivity index (χ4v) is 7.89. The van der Waals surface area contributed by atoms with Gasteiger partial charge in [-0.25, -0.2) is 4.98 Å². The molecule has 1 unspecified atom stereocenters. The van der Waals surface area contributed by atoms with Gasteiger partial charge in [0.15, 0.2) is 17.4 Å². The molecular weight excluding hydrogens is 867 g/mol. The van der Waals surface area contributed by atoms with Crippen LogP contribution in [0.25, 0.3) is 0 Å². The molecule has 0 aliphatic carbocycles. The predicted octanol–water partition coefficient (Wildman–Crippen LogP) is 5.21. The van der Waals surface area contributed by atoms with Crippen LogP contribution in [-0.4, -0.2) is 129 Å². The van der Waals surface area contributed by atoms with E-state index in [0.29, 0.717) is 112 Å². The highest BCUT2D eigenvalue weighted by Crippen LogP contribution is 2.39. The Morgan fingerprint density at radius 1 is 0.746 bits per heavy atom. The molecule has 3 aromatic carbocycles. The topological polar surface area (TPSA) is 225 Å². The van der Waals surface area contributed by atoms with Crippen molar-refractivity contribution in [1.82, 2.24) is 20.2 Å². The van der Waals surface area contributed by atoms with E-state index in [0.717, 1.165) is 10.6 Å². The molecule has 2 N–H and O–H groups in total. The fraction of sp³-hybridized carbons (Fsp3) is 0.396. The minimum atomic E-state index is -1.09. The third kappa shape index (κ3) is 11.3. The molecule has 19 heteroatoms. The summed E-state index contributed by atoms with van der Waals surface area (Å²) < 4.78 is 28.1. The standard InChI is InChI=1S/C48H53N7O12/c1-53-35-14-5-4-12-32(35)45(60)54(2)37-28-49-48(52-43(37)53)50-34-18-17-30(27-40(34)63-3)38(57)15-7-9-22-65-24-26-66-25-23-64-21-8-6-11-31(56)29-67-39-16-10-13-33-42(39)47(62)55(46(33)61)36-19-20-41(58)51-44(36)59/h4-5,10,12-14,16-18,27-28,36H,6-9,11,15,19-26,29H2,1-3H3,(H,49,50,52)(H,51,58,59). The van der Waals surface area contributed by atoms with Crippen LogP contribution in [0.1, 0.15) is 92.8 Å². The van der Waals surface area contributed by atoms with Crippen molar-refractivity contribution in [3.05, 3.63) is 89.1 Å². The number of fused-ring (bicyclic) bond motifs is 3. The molecule has 352 valence electrons. The first-order valence-corrected chi connectivity index (χ1v) is 22.1. The number of carbonyl (C=O) groups is 7. The Hall–Kier alpha value is -7.09. The molecule has 3 aliphatic rings. The number of para-hydroxylation sites is 1. The largest absolute Gasteiger partial charge is 0.495 e. The van der Waals surface area contributed by atoms with Crippen LogP contribution in [0.3, 0.4) is 0 Å². The van der Waals surface area contributed by atoms with Gasteiger partial charge in [0.25, 0.3) is 17.7 Å². The Morgan fingerprint density at radius 3 is 2.18 bits per heavy atom. The van der Waals surface area contributed by atoms with Crippen molar-refractivity contribution < 1.29 is 57.2 Å². The van der Waals surface area contributed by atoms with E-state index in [1.165, 1.54) is 24.1 Å². The summed E-state index contributed by atoms with van der Waals surface area (Å²) in [5.74, 6) is -1.48. The number of amides is 5. The average Bonchev–Trinajstić information content (AvgIpc) is 3.55. The lowest BCUT2D eigenvalue weighted by Crippen LogP contribution is -2.54. The Bertz CT molecular complexity index is 2530. The lowest BCUT2D eigenvalue weighted by atomic mass is 10.0. The van der Waals surface area contributed by atoms with Crippen LogP contribution in [0.2, 0.25) is 0 Å². The minimum Gasteiger partial charge on any atom is -0.495 e. The van der Waals surface area contributed by atoms with Gasteiger partial charge in [-0.15, -0.1) is 0 Å². The highest BCUT2D eigenvalue weighted by Gasteiger charge is 2.46. The van der Waals surface area contributed by atoms with Gasteiger partial charge >= 0.3 is 0 Å². The molecule has 1 atom stereocenters. The maximum atomic E-state index is 13.2. The molecule has 1 fully saturated rings. The molecule has 4 aromatic rings. The number of hydrogen-bond donors (Lipinski definition) is 2. The fourth-order valence-electron chi connectivity index (χ4n) is 7.89. The molecular formula is C48H53N7O12. The van der Waals surface area contributed by atoms with Gasteiger partial charge in [0.05, 0.1) is 67.8 Å². The van der Waals surface area contributed by atoms with Gasteiger partial charge < -0.3 is 38.8 Å². The van der Waals surface area contributed by atoms with E-state index >= 15 is 0 Å². The smallest absolute Gasteiger partial charge is 0.266 e. The summed E-state index contributed by atoms with van der Waals surface area (Å²) in [6.45, 7) is 2.23. The second kappa shape index (κ2) is 22.4. The van der Waals surface area contributed by atoms with Crippen LogP contribution >= 0.6 is 0 Å². The average molecular weight is 920 g/mol. The first-order valence-electron chi connectivity index (χ1n) is 22.1. The van der Waals surface area contributed by atoms with E-state index in [4.69, 9.17) is 28.7 Å². The maximum Gasteiger partial charge on any atom is 0.266 e. The molecule has 0 saturated carbocycles. The summed E-state index contributed by atoms with van der Waals surface area (Å²) in [6, 6.07) is 15.9. The second-order valence-electron chi connectivity index (χ2n) is 16.0. The number of aromatic nitrogens is 2. The molecule has 0 radical (unpaired) electrons. The van der Waals surface area contributed by atoms with Crippen molar-refractivity contribution in [3.8, 4) is 11.5 Å². The number of nitrogens with one attached hydrogen (secondary N) is 2. The number of hydrogen-bond acceptors (Lipinski definition) is 16. The van der Waals surface area contributed by atoms with E-state index in [1.54, 1.807) is 43.6 Å². The first-order chi connectivity index (χ1) is 32.5. The van der Waals surface area contributed by atoms with E-state index in [9.17, 15) is 33.6 Å².